The number of halogens is 2. The molecule has 2 atom stereocenters. The first kappa shape index (κ1) is 18.8. The molecular formula is C18H25F2NO3. The van der Waals surface area contributed by atoms with Crippen LogP contribution in [0, 0.1) is 17.6 Å². The number of carbonyl (C=O) groups is 1. The molecule has 0 radical (unpaired) electrons. The van der Waals surface area contributed by atoms with E-state index in [-0.39, 0.29) is 17.4 Å². The molecule has 4 nitrogen and oxygen atoms in total. The Labute approximate surface area is 141 Å². The largest absolute Gasteiger partial charge is 0.393 e. The summed E-state index contributed by atoms with van der Waals surface area (Å²) in [4.78, 5) is 12.9. The second-order valence-corrected chi connectivity index (χ2v) is 6.72. The second kappa shape index (κ2) is 8.03. The van der Waals surface area contributed by atoms with Crippen LogP contribution in [0.5, 0.6) is 0 Å². The Kier molecular flexibility index (Phi) is 6.29. The summed E-state index contributed by atoms with van der Waals surface area (Å²) in [5.41, 5.74) is -0.825. The number of nitrogens with one attached hydrogen (secondary N) is 1. The number of amides is 1. The van der Waals surface area contributed by atoms with Gasteiger partial charge in [0.1, 0.15) is 11.6 Å². The number of carbonyl (C=O) groups excluding carboxylic acids is 1. The Morgan fingerprint density at radius 2 is 2.00 bits per heavy atom. The first-order valence-electron chi connectivity index (χ1n) is 8.35. The van der Waals surface area contributed by atoms with Crippen LogP contribution in [0.4, 0.5) is 8.78 Å². The number of ether oxygens (including phenoxy) is 1. The van der Waals surface area contributed by atoms with E-state index in [0.717, 1.165) is 6.07 Å². The molecule has 1 heterocycles. The summed E-state index contributed by atoms with van der Waals surface area (Å²) in [6.45, 7) is 4.74. The van der Waals surface area contributed by atoms with Crippen LogP contribution < -0.4 is 5.32 Å². The lowest BCUT2D eigenvalue weighted by Crippen LogP contribution is -2.49. The molecule has 1 aromatic rings. The summed E-state index contributed by atoms with van der Waals surface area (Å²) in [5, 5.41) is 12.3. The number of aliphatic hydroxyl groups excluding tert-OH is 1. The first-order chi connectivity index (χ1) is 11.3. The summed E-state index contributed by atoms with van der Waals surface area (Å²) in [5.74, 6) is -1.54. The maximum atomic E-state index is 14.3. The molecule has 134 valence electrons. The predicted octanol–water partition coefficient (Wildman–Crippen LogP) is 2.54. The summed E-state index contributed by atoms with van der Waals surface area (Å²) < 4.78 is 32.9. The van der Waals surface area contributed by atoms with Gasteiger partial charge in [-0.2, -0.15) is 0 Å². The number of benzene rings is 1. The number of rotatable bonds is 6. The Bertz CT molecular complexity index is 571. The molecule has 0 aromatic heterocycles. The van der Waals surface area contributed by atoms with E-state index in [2.05, 4.69) is 5.32 Å². The van der Waals surface area contributed by atoms with Crippen molar-refractivity contribution in [2.45, 2.75) is 44.6 Å². The van der Waals surface area contributed by atoms with Crippen molar-refractivity contribution >= 4 is 5.91 Å². The highest BCUT2D eigenvalue weighted by Gasteiger charge is 2.43. The molecule has 1 saturated heterocycles. The van der Waals surface area contributed by atoms with Crippen molar-refractivity contribution < 1.29 is 23.4 Å². The quantitative estimate of drug-likeness (QED) is 0.836. The normalized spacial score (nSPS) is 19.5. The van der Waals surface area contributed by atoms with Gasteiger partial charge in [0, 0.05) is 31.4 Å². The van der Waals surface area contributed by atoms with Gasteiger partial charge in [-0.05, 0) is 38.2 Å². The lowest BCUT2D eigenvalue weighted by Gasteiger charge is -2.36. The Morgan fingerprint density at radius 1 is 1.33 bits per heavy atom. The van der Waals surface area contributed by atoms with Crippen molar-refractivity contribution in [1.82, 2.24) is 5.32 Å². The maximum Gasteiger partial charge on any atom is 0.230 e. The zero-order chi connectivity index (χ0) is 17.7. The van der Waals surface area contributed by atoms with Gasteiger partial charge < -0.3 is 15.2 Å². The van der Waals surface area contributed by atoms with Crippen LogP contribution in [0.3, 0.4) is 0 Å². The molecule has 0 spiro atoms. The number of hydrogen-bond acceptors (Lipinski definition) is 3. The van der Waals surface area contributed by atoms with Crippen molar-refractivity contribution in [2.24, 2.45) is 5.92 Å². The van der Waals surface area contributed by atoms with Gasteiger partial charge in [-0.15, -0.1) is 0 Å². The van der Waals surface area contributed by atoms with E-state index in [4.69, 9.17) is 4.74 Å². The lowest BCUT2D eigenvalue weighted by molar-refractivity contribution is -0.130. The summed E-state index contributed by atoms with van der Waals surface area (Å²) >= 11 is 0. The highest BCUT2D eigenvalue weighted by Crippen LogP contribution is 2.37. The van der Waals surface area contributed by atoms with Gasteiger partial charge in [0.15, 0.2) is 0 Å². The molecular weight excluding hydrogens is 316 g/mol. The molecule has 2 rings (SSSR count). The second-order valence-electron chi connectivity index (χ2n) is 6.72. The van der Waals surface area contributed by atoms with E-state index in [1.54, 1.807) is 6.92 Å². The Hall–Kier alpha value is -1.53. The standard InChI is InChI=1S/C18H25F2NO3/c1-12(9-13(2)22)11-21-17(23)18(5-7-24-8-6-18)15-4-3-14(19)10-16(15)20/h3-4,10,12-13,22H,5-9,11H2,1-2H3,(H,21,23)/t12-,13+/m1/s1. The third kappa shape index (κ3) is 4.30. The van der Waals surface area contributed by atoms with Gasteiger partial charge in [-0.3, -0.25) is 4.79 Å². The molecule has 24 heavy (non-hydrogen) atoms. The minimum Gasteiger partial charge on any atom is -0.393 e. The van der Waals surface area contributed by atoms with Crippen molar-refractivity contribution in [3.63, 3.8) is 0 Å². The molecule has 1 aromatic carbocycles. The predicted molar refractivity (Wildman–Crippen MR) is 86.6 cm³/mol. The highest BCUT2D eigenvalue weighted by molar-refractivity contribution is 5.88. The van der Waals surface area contributed by atoms with E-state index in [0.29, 0.717) is 39.0 Å². The Morgan fingerprint density at radius 3 is 2.58 bits per heavy atom. The van der Waals surface area contributed by atoms with Crippen LogP contribution in [-0.4, -0.2) is 36.9 Å². The van der Waals surface area contributed by atoms with Gasteiger partial charge in [-0.25, -0.2) is 8.78 Å². The zero-order valence-corrected chi connectivity index (χ0v) is 14.1. The Balaban J connectivity index is 2.19. The van der Waals surface area contributed by atoms with E-state index < -0.39 is 23.2 Å². The van der Waals surface area contributed by atoms with Crippen molar-refractivity contribution in [3.05, 3.63) is 35.4 Å². The third-order valence-corrected chi connectivity index (χ3v) is 4.58. The molecule has 0 unspecified atom stereocenters. The van der Waals surface area contributed by atoms with E-state index >= 15 is 0 Å². The van der Waals surface area contributed by atoms with E-state index in [1.807, 2.05) is 6.92 Å². The monoisotopic (exact) mass is 341 g/mol. The number of hydrogen-bond donors (Lipinski definition) is 2. The van der Waals surface area contributed by atoms with Crippen molar-refractivity contribution in [2.75, 3.05) is 19.8 Å². The van der Waals surface area contributed by atoms with Crippen LogP contribution in [0.1, 0.15) is 38.7 Å². The summed E-state index contributed by atoms with van der Waals surface area (Å²) in [6, 6.07) is 3.35. The minimum absolute atomic E-state index is 0.101. The van der Waals surface area contributed by atoms with Crippen molar-refractivity contribution in [1.29, 1.82) is 0 Å². The third-order valence-electron chi connectivity index (χ3n) is 4.58. The fourth-order valence-electron chi connectivity index (χ4n) is 3.32. The highest BCUT2D eigenvalue weighted by atomic mass is 19.1. The maximum absolute atomic E-state index is 14.3. The molecule has 0 bridgehead atoms. The van der Waals surface area contributed by atoms with Crippen LogP contribution in [0.15, 0.2) is 18.2 Å². The van der Waals surface area contributed by atoms with Gasteiger partial charge >= 0.3 is 0 Å². The molecule has 1 aliphatic rings. The van der Waals surface area contributed by atoms with Crippen LogP contribution >= 0.6 is 0 Å². The smallest absolute Gasteiger partial charge is 0.230 e. The average Bonchev–Trinajstić information content (AvgIpc) is 2.52. The molecule has 0 saturated carbocycles. The molecule has 1 amide bonds. The lowest BCUT2D eigenvalue weighted by atomic mass is 9.73. The van der Waals surface area contributed by atoms with Crippen LogP contribution in [0.25, 0.3) is 0 Å². The zero-order valence-electron chi connectivity index (χ0n) is 14.1. The average molecular weight is 341 g/mol. The van der Waals surface area contributed by atoms with Gasteiger partial charge in [0.05, 0.1) is 11.5 Å². The summed E-state index contributed by atoms with van der Waals surface area (Å²) in [7, 11) is 0. The molecule has 2 N–H and O–H groups in total. The topological polar surface area (TPSA) is 58.6 Å². The van der Waals surface area contributed by atoms with Crippen LogP contribution in [0.2, 0.25) is 0 Å². The fraction of sp³-hybridized carbons (Fsp3) is 0.611. The minimum atomic E-state index is -1.04. The van der Waals surface area contributed by atoms with Crippen LogP contribution in [-0.2, 0) is 14.9 Å². The SMILES string of the molecule is C[C@@H](CNC(=O)C1(c2ccc(F)cc2F)CCOCC1)C[C@H](C)O. The van der Waals surface area contributed by atoms with Gasteiger partial charge in [0.25, 0.3) is 0 Å². The first-order valence-corrected chi connectivity index (χ1v) is 8.35. The summed E-state index contributed by atoms with van der Waals surface area (Å²) in [6.07, 6.45) is 0.836. The fourth-order valence-corrected chi connectivity index (χ4v) is 3.32. The number of aliphatic hydroxyl groups is 1. The van der Waals surface area contributed by atoms with Gasteiger partial charge in [-0.1, -0.05) is 13.0 Å². The van der Waals surface area contributed by atoms with E-state index in [1.165, 1.54) is 12.1 Å². The molecule has 1 fully saturated rings. The molecule has 1 aliphatic heterocycles. The van der Waals surface area contributed by atoms with Gasteiger partial charge in [0.2, 0.25) is 5.91 Å². The van der Waals surface area contributed by atoms with Crippen molar-refractivity contribution in [3.8, 4) is 0 Å². The molecule has 0 aliphatic carbocycles. The molecule has 6 heteroatoms. The van der Waals surface area contributed by atoms with E-state index in [9.17, 15) is 18.7 Å².